The second-order valence-corrected chi connectivity index (χ2v) is 5.96. The lowest BCUT2D eigenvalue weighted by Crippen LogP contribution is -1.83. The molecule has 0 N–H and O–H groups in total. The topological polar surface area (TPSA) is 49.8 Å². The molecule has 0 aliphatic rings. The lowest BCUT2D eigenvalue weighted by atomic mass is 10.1. The molecule has 0 radical (unpaired) electrons. The van der Waals surface area contributed by atoms with Crippen molar-refractivity contribution in [3.63, 3.8) is 0 Å². The molecule has 0 unspecified atom stereocenters. The Morgan fingerprint density at radius 3 is 1.96 bits per heavy atom. The van der Waals surface area contributed by atoms with Crippen LogP contribution in [0.4, 0.5) is 0 Å². The molecular weight excluding hydrogens is 320 g/mol. The van der Waals surface area contributed by atoms with Crippen molar-refractivity contribution in [3.05, 3.63) is 90.5 Å². The Balaban J connectivity index is 1.82. The van der Waals surface area contributed by atoms with Gasteiger partial charge in [0.25, 0.3) is 0 Å². The number of hydrogen-bond donors (Lipinski definition) is 0. The van der Waals surface area contributed by atoms with Gasteiger partial charge in [0.05, 0.1) is 12.5 Å². The van der Waals surface area contributed by atoms with Crippen LogP contribution in [-0.4, -0.2) is 4.98 Å². The molecule has 0 aliphatic heterocycles. The summed E-state index contributed by atoms with van der Waals surface area (Å²) >= 11 is 0. The summed E-state index contributed by atoms with van der Waals surface area (Å²) in [5.74, 6) is 1.33. The fourth-order valence-corrected chi connectivity index (χ4v) is 2.88. The molecule has 3 heteroatoms. The van der Waals surface area contributed by atoms with Crippen LogP contribution in [-0.2, 0) is 6.42 Å². The summed E-state index contributed by atoms with van der Waals surface area (Å²) in [4.78, 5) is 4.77. The van der Waals surface area contributed by atoms with E-state index in [9.17, 15) is 0 Å². The second-order valence-electron chi connectivity index (χ2n) is 5.96. The SMILES string of the molecule is N#CCc1ccc(-c2nc(-c3ccccc3)c(-c3ccccc3)o2)cc1. The number of nitriles is 1. The molecule has 4 rings (SSSR count). The molecule has 0 atom stereocenters. The van der Waals surface area contributed by atoms with Crippen LogP contribution >= 0.6 is 0 Å². The summed E-state index contributed by atoms with van der Waals surface area (Å²) in [6.07, 6.45) is 0.399. The molecule has 0 bridgehead atoms. The number of oxazole rings is 1. The molecule has 124 valence electrons. The molecule has 0 saturated carbocycles. The third kappa shape index (κ3) is 3.13. The van der Waals surface area contributed by atoms with Gasteiger partial charge in [-0.1, -0.05) is 72.8 Å². The van der Waals surface area contributed by atoms with E-state index >= 15 is 0 Å². The maximum Gasteiger partial charge on any atom is 0.227 e. The van der Waals surface area contributed by atoms with E-state index in [0.717, 1.165) is 33.7 Å². The third-order valence-electron chi connectivity index (χ3n) is 4.19. The number of nitrogens with zero attached hydrogens (tertiary/aromatic N) is 2. The van der Waals surface area contributed by atoms with E-state index in [1.54, 1.807) is 0 Å². The minimum atomic E-state index is 0.399. The van der Waals surface area contributed by atoms with Gasteiger partial charge in [-0.25, -0.2) is 4.98 Å². The predicted octanol–water partition coefficient (Wildman–Crippen LogP) is 5.74. The highest BCUT2D eigenvalue weighted by molar-refractivity contribution is 5.79. The summed E-state index contributed by atoms with van der Waals surface area (Å²) < 4.78 is 6.17. The highest BCUT2D eigenvalue weighted by atomic mass is 16.4. The van der Waals surface area contributed by atoms with Crippen molar-refractivity contribution in [2.75, 3.05) is 0 Å². The maximum absolute atomic E-state index is 8.82. The van der Waals surface area contributed by atoms with Crippen LogP contribution in [0.15, 0.2) is 89.3 Å². The van der Waals surface area contributed by atoms with Gasteiger partial charge >= 0.3 is 0 Å². The maximum atomic E-state index is 8.82. The van der Waals surface area contributed by atoms with Gasteiger partial charge in [-0.05, 0) is 17.7 Å². The number of rotatable bonds is 4. The first kappa shape index (κ1) is 15.9. The van der Waals surface area contributed by atoms with Crippen LogP contribution in [0.3, 0.4) is 0 Å². The first-order valence-electron chi connectivity index (χ1n) is 8.43. The second kappa shape index (κ2) is 7.08. The van der Waals surface area contributed by atoms with Gasteiger partial charge in [-0.3, -0.25) is 0 Å². The largest absolute Gasteiger partial charge is 0.435 e. The van der Waals surface area contributed by atoms with Crippen molar-refractivity contribution in [1.29, 1.82) is 5.26 Å². The van der Waals surface area contributed by atoms with Crippen LogP contribution in [0.2, 0.25) is 0 Å². The standard InChI is InChI=1S/C23H16N2O/c24-16-15-17-11-13-20(14-12-17)23-25-21(18-7-3-1-4-8-18)22(26-23)19-9-5-2-6-10-19/h1-14H,15H2. The quantitative estimate of drug-likeness (QED) is 0.477. The van der Waals surface area contributed by atoms with E-state index in [2.05, 4.69) is 6.07 Å². The van der Waals surface area contributed by atoms with E-state index in [1.165, 1.54) is 0 Å². The first-order valence-corrected chi connectivity index (χ1v) is 8.43. The number of hydrogen-bond acceptors (Lipinski definition) is 3. The number of benzene rings is 3. The van der Waals surface area contributed by atoms with E-state index in [4.69, 9.17) is 14.7 Å². The molecule has 0 amide bonds. The number of aromatic nitrogens is 1. The average molecular weight is 336 g/mol. The van der Waals surface area contributed by atoms with Gasteiger partial charge < -0.3 is 4.42 Å². The van der Waals surface area contributed by atoms with Gasteiger partial charge in [-0.15, -0.1) is 0 Å². The summed E-state index contributed by atoms with van der Waals surface area (Å²) in [6.45, 7) is 0. The predicted molar refractivity (Wildman–Crippen MR) is 102 cm³/mol. The molecule has 0 aliphatic carbocycles. The van der Waals surface area contributed by atoms with Gasteiger partial charge in [0.2, 0.25) is 5.89 Å². The molecule has 0 spiro atoms. The zero-order chi connectivity index (χ0) is 17.8. The van der Waals surface area contributed by atoms with Crippen molar-refractivity contribution in [1.82, 2.24) is 4.98 Å². The Labute approximate surface area is 152 Å². The zero-order valence-electron chi connectivity index (χ0n) is 14.1. The molecular formula is C23H16N2O. The van der Waals surface area contributed by atoms with Crippen molar-refractivity contribution in [3.8, 4) is 40.1 Å². The highest BCUT2D eigenvalue weighted by Crippen LogP contribution is 2.35. The third-order valence-corrected chi connectivity index (χ3v) is 4.19. The fourth-order valence-electron chi connectivity index (χ4n) is 2.88. The van der Waals surface area contributed by atoms with Gasteiger partial charge in [0.15, 0.2) is 5.76 Å². The monoisotopic (exact) mass is 336 g/mol. The van der Waals surface area contributed by atoms with Crippen LogP contribution in [0, 0.1) is 11.3 Å². The van der Waals surface area contributed by atoms with E-state index < -0.39 is 0 Å². The van der Waals surface area contributed by atoms with Crippen molar-refractivity contribution < 1.29 is 4.42 Å². The van der Waals surface area contributed by atoms with Crippen molar-refractivity contribution >= 4 is 0 Å². The molecule has 3 aromatic carbocycles. The molecule has 4 aromatic rings. The Bertz CT molecular complexity index is 986. The van der Waals surface area contributed by atoms with E-state index in [1.807, 2.05) is 84.9 Å². The van der Waals surface area contributed by atoms with Crippen molar-refractivity contribution in [2.24, 2.45) is 0 Å². The Kier molecular flexibility index (Phi) is 4.32. The van der Waals surface area contributed by atoms with Crippen LogP contribution in [0.5, 0.6) is 0 Å². The van der Waals surface area contributed by atoms with Gasteiger partial charge in [0, 0.05) is 16.7 Å². The smallest absolute Gasteiger partial charge is 0.227 e. The molecule has 1 heterocycles. The minimum absolute atomic E-state index is 0.399. The summed E-state index contributed by atoms with van der Waals surface area (Å²) in [5.41, 5.74) is 4.71. The molecule has 1 aromatic heterocycles. The molecule has 0 saturated heterocycles. The lowest BCUT2D eigenvalue weighted by molar-refractivity contribution is 0.589. The molecule has 3 nitrogen and oxygen atoms in total. The zero-order valence-corrected chi connectivity index (χ0v) is 14.1. The normalized spacial score (nSPS) is 10.4. The Morgan fingerprint density at radius 2 is 1.35 bits per heavy atom. The average Bonchev–Trinajstić information content (AvgIpc) is 3.16. The lowest BCUT2D eigenvalue weighted by Gasteiger charge is -2.00. The first-order chi connectivity index (χ1) is 12.8. The highest BCUT2D eigenvalue weighted by Gasteiger charge is 2.17. The molecule has 26 heavy (non-hydrogen) atoms. The van der Waals surface area contributed by atoms with Gasteiger partial charge in [0.1, 0.15) is 5.69 Å². The van der Waals surface area contributed by atoms with Crippen LogP contribution in [0.25, 0.3) is 34.0 Å². The summed E-state index contributed by atoms with van der Waals surface area (Å²) in [7, 11) is 0. The van der Waals surface area contributed by atoms with Crippen LogP contribution < -0.4 is 0 Å². The van der Waals surface area contributed by atoms with E-state index in [0.29, 0.717) is 12.3 Å². The Morgan fingerprint density at radius 1 is 0.731 bits per heavy atom. The van der Waals surface area contributed by atoms with Gasteiger partial charge in [-0.2, -0.15) is 5.26 Å². The summed E-state index contributed by atoms with van der Waals surface area (Å²) in [5, 5.41) is 8.82. The fraction of sp³-hybridized carbons (Fsp3) is 0.0435. The Hall–Kier alpha value is -3.64. The van der Waals surface area contributed by atoms with Crippen molar-refractivity contribution in [2.45, 2.75) is 6.42 Å². The summed E-state index contributed by atoms with van der Waals surface area (Å²) in [6, 6.07) is 30.0. The van der Waals surface area contributed by atoms with Crippen LogP contribution in [0.1, 0.15) is 5.56 Å². The van der Waals surface area contributed by atoms with E-state index in [-0.39, 0.29) is 0 Å². The molecule has 0 fully saturated rings. The minimum Gasteiger partial charge on any atom is -0.435 e.